The lowest BCUT2D eigenvalue weighted by Crippen LogP contribution is -2.23. The number of hydrogen-bond donors (Lipinski definition) is 1. The molecule has 4 heteroatoms. The van der Waals surface area contributed by atoms with Crippen LogP contribution in [0.25, 0.3) is 0 Å². The van der Waals surface area contributed by atoms with E-state index in [0.29, 0.717) is 6.61 Å². The highest BCUT2D eigenvalue weighted by atomic mass is 79.9. The number of aliphatic hydroxyl groups is 1. The third-order valence-corrected chi connectivity index (χ3v) is 3.74. The highest BCUT2D eigenvalue weighted by molar-refractivity contribution is 9.09. The van der Waals surface area contributed by atoms with Gasteiger partial charge >= 0.3 is 0 Å². The molecule has 0 aliphatic carbocycles. The van der Waals surface area contributed by atoms with E-state index in [-0.39, 0.29) is 23.8 Å². The second-order valence-electron chi connectivity index (χ2n) is 4.36. The Morgan fingerprint density at radius 3 is 2.69 bits per heavy atom. The molecule has 16 heavy (non-hydrogen) atoms. The van der Waals surface area contributed by atoms with Crippen molar-refractivity contribution < 1.29 is 14.6 Å². The van der Waals surface area contributed by atoms with Gasteiger partial charge in [-0.05, 0) is 6.42 Å². The number of alkyl halides is 1. The second kappa shape index (κ2) is 8.45. The van der Waals surface area contributed by atoms with Gasteiger partial charge in [-0.3, -0.25) is 0 Å². The lowest BCUT2D eigenvalue weighted by Gasteiger charge is -2.16. The van der Waals surface area contributed by atoms with Gasteiger partial charge in [-0.15, -0.1) is 0 Å². The first-order chi connectivity index (χ1) is 7.77. The first-order valence-electron chi connectivity index (χ1n) is 6.30. The molecule has 0 radical (unpaired) electrons. The molecule has 0 amide bonds. The Labute approximate surface area is 107 Å². The Bertz CT molecular complexity index is 178. The van der Waals surface area contributed by atoms with Crippen LogP contribution in [0.1, 0.15) is 45.4 Å². The van der Waals surface area contributed by atoms with Crippen molar-refractivity contribution in [3.8, 4) is 0 Å². The number of rotatable bonds is 8. The summed E-state index contributed by atoms with van der Waals surface area (Å²) in [6.45, 7) is 2.79. The molecule has 96 valence electrons. The highest BCUT2D eigenvalue weighted by Crippen LogP contribution is 2.24. The number of ether oxygens (including phenoxy) is 2. The topological polar surface area (TPSA) is 38.7 Å². The predicted molar refractivity (Wildman–Crippen MR) is 67.8 cm³/mol. The highest BCUT2D eigenvalue weighted by Gasteiger charge is 2.30. The zero-order chi connectivity index (χ0) is 11.8. The molecule has 3 atom stereocenters. The Balaban J connectivity index is 2.04. The van der Waals surface area contributed by atoms with E-state index in [4.69, 9.17) is 14.6 Å². The molecule has 1 fully saturated rings. The SMILES string of the molecule is CCCCCCCC(Br)C1OCC(CO)O1. The molecular weight excluding hydrogens is 272 g/mol. The molecule has 1 rings (SSSR count). The van der Waals surface area contributed by atoms with Gasteiger partial charge in [-0.1, -0.05) is 55.0 Å². The molecule has 1 aliphatic heterocycles. The van der Waals surface area contributed by atoms with Crippen LogP contribution >= 0.6 is 15.9 Å². The maximum atomic E-state index is 8.92. The van der Waals surface area contributed by atoms with Crippen molar-refractivity contribution in [2.45, 2.75) is 62.7 Å². The maximum absolute atomic E-state index is 8.92. The molecular formula is C12H23BrO3. The van der Waals surface area contributed by atoms with Crippen LogP contribution in [-0.2, 0) is 9.47 Å². The van der Waals surface area contributed by atoms with Crippen molar-refractivity contribution in [2.24, 2.45) is 0 Å². The summed E-state index contributed by atoms with van der Waals surface area (Å²) in [5, 5.41) is 8.92. The smallest absolute Gasteiger partial charge is 0.170 e. The summed E-state index contributed by atoms with van der Waals surface area (Å²) < 4.78 is 11.0. The average molecular weight is 295 g/mol. The summed E-state index contributed by atoms with van der Waals surface area (Å²) >= 11 is 3.60. The molecule has 0 aromatic carbocycles. The molecule has 0 saturated carbocycles. The van der Waals surface area contributed by atoms with E-state index in [0.717, 1.165) is 6.42 Å². The van der Waals surface area contributed by atoms with Crippen LogP contribution in [0.3, 0.4) is 0 Å². The van der Waals surface area contributed by atoms with Crippen LogP contribution in [-0.4, -0.2) is 35.5 Å². The Kier molecular flexibility index (Phi) is 7.62. The van der Waals surface area contributed by atoms with Gasteiger partial charge < -0.3 is 14.6 Å². The van der Waals surface area contributed by atoms with E-state index >= 15 is 0 Å². The summed E-state index contributed by atoms with van der Waals surface area (Å²) in [6, 6.07) is 0. The molecule has 1 aliphatic rings. The molecule has 3 unspecified atom stereocenters. The lowest BCUT2D eigenvalue weighted by atomic mass is 10.1. The van der Waals surface area contributed by atoms with Crippen LogP contribution in [0.2, 0.25) is 0 Å². The van der Waals surface area contributed by atoms with E-state index in [2.05, 4.69) is 22.9 Å². The fourth-order valence-corrected chi connectivity index (χ4v) is 2.44. The number of aliphatic hydroxyl groups excluding tert-OH is 1. The van der Waals surface area contributed by atoms with Gasteiger partial charge in [0.15, 0.2) is 6.29 Å². The van der Waals surface area contributed by atoms with Crippen molar-refractivity contribution in [3.05, 3.63) is 0 Å². The van der Waals surface area contributed by atoms with Crippen molar-refractivity contribution in [3.63, 3.8) is 0 Å². The van der Waals surface area contributed by atoms with Gasteiger partial charge in [0.25, 0.3) is 0 Å². The number of unbranched alkanes of at least 4 members (excludes halogenated alkanes) is 4. The van der Waals surface area contributed by atoms with Crippen LogP contribution < -0.4 is 0 Å². The van der Waals surface area contributed by atoms with Crippen LogP contribution in [0.4, 0.5) is 0 Å². The summed E-state index contributed by atoms with van der Waals surface area (Å²) in [4.78, 5) is 0.255. The minimum absolute atomic E-state index is 0.0483. The zero-order valence-corrected chi connectivity index (χ0v) is 11.6. The first kappa shape index (κ1) is 14.4. The quantitative estimate of drug-likeness (QED) is 0.553. The van der Waals surface area contributed by atoms with Gasteiger partial charge in [-0.25, -0.2) is 0 Å². The largest absolute Gasteiger partial charge is 0.394 e. The average Bonchev–Trinajstić information content (AvgIpc) is 2.77. The zero-order valence-electron chi connectivity index (χ0n) is 10.0. The van der Waals surface area contributed by atoms with E-state index in [9.17, 15) is 0 Å². The maximum Gasteiger partial charge on any atom is 0.170 e. The molecule has 1 heterocycles. The third kappa shape index (κ3) is 5.13. The Morgan fingerprint density at radius 2 is 2.06 bits per heavy atom. The van der Waals surface area contributed by atoms with Gasteiger partial charge in [-0.2, -0.15) is 0 Å². The van der Waals surface area contributed by atoms with Gasteiger partial charge in [0, 0.05) is 0 Å². The Hall–Kier alpha value is 0.360. The fraction of sp³-hybridized carbons (Fsp3) is 1.00. The van der Waals surface area contributed by atoms with E-state index < -0.39 is 0 Å². The van der Waals surface area contributed by atoms with Crippen molar-refractivity contribution in [2.75, 3.05) is 13.2 Å². The predicted octanol–water partition coefficient (Wildman–Crippen LogP) is 2.84. The molecule has 3 nitrogen and oxygen atoms in total. The molecule has 0 spiro atoms. The minimum Gasteiger partial charge on any atom is -0.394 e. The molecule has 0 aromatic heterocycles. The Morgan fingerprint density at radius 1 is 1.31 bits per heavy atom. The second-order valence-corrected chi connectivity index (χ2v) is 5.54. The summed E-state index contributed by atoms with van der Waals surface area (Å²) in [5.41, 5.74) is 0. The normalized spacial score (nSPS) is 27.2. The summed E-state index contributed by atoms with van der Waals surface area (Å²) in [7, 11) is 0. The van der Waals surface area contributed by atoms with Crippen molar-refractivity contribution >= 4 is 15.9 Å². The van der Waals surface area contributed by atoms with E-state index in [1.165, 1.54) is 32.1 Å². The summed E-state index contributed by atoms with van der Waals surface area (Å²) in [5.74, 6) is 0. The van der Waals surface area contributed by atoms with Crippen molar-refractivity contribution in [1.29, 1.82) is 0 Å². The number of halogens is 1. The molecule has 1 saturated heterocycles. The standard InChI is InChI=1S/C12H23BrO3/c1-2-3-4-5-6-7-11(13)12-15-9-10(8-14)16-12/h10-12,14H,2-9H2,1H3. The lowest BCUT2D eigenvalue weighted by molar-refractivity contribution is -0.0646. The van der Waals surface area contributed by atoms with Gasteiger partial charge in [0.05, 0.1) is 18.0 Å². The first-order valence-corrected chi connectivity index (χ1v) is 7.21. The van der Waals surface area contributed by atoms with E-state index in [1.54, 1.807) is 0 Å². The van der Waals surface area contributed by atoms with Crippen LogP contribution in [0.15, 0.2) is 0 Å². The van der Waals surface area contributed by atoms with Gasteiger partial charge in [0.2, 0.25) is 0 Å². The monoisotopic (exact) mass is 294 g/mol. The van der Waals surface area contributed by atoms with Crippen LogP contribution in [0.5, 0.6) is 0 Å². The van der Waals surface area contributed by atoms with Crippen LogP contribution in [0, 0.1) is 0 Å². The molecule has 0 aromatic rings. The molecule has 1 N–H and O–H groups in total. The minimum atomic E-state index is -0.177. The third-order valence-electron chi connectivity index (χ3n) is 2.86. The van der Waals surface area contributed by atoms with Crippen molar-refractivity contribution in [1.82, 2.24) is 0 Å². The van der Waals surface area contributed by atoms with E-state index in [1.807, 2.05) is 0 Å². The fourth-order valence-electron chi connectivity index (χ4n) is 1.83. The number of hydrogen-bond acceptors (Lipinski definition) is 3. The van der Waals surface area contributed by atoms with Gasteiger partial charge in [0.1, 0.15) is 6.10 Å². The molecule has 0 bridgehead atoms. The summed E-state index contributed by atoms with van der Waals surface area (Å²) in [6.07, 6.45) is 7.19.